The summed E-state index contributed by atoms with van der Waals surface area (Å²) < 4.78 is 0. The molecule has 0 atom stereocenters. The van der Waals surface area contributed by atoms with Crippen molar-refractivity contribution in [1.29, 1.82) is 0 Å². The lowest BCUT2D eigenvalue weighted by Crippen LogP contribution is -2.34. The van der Waals surface area contributed by atoms with E-state index < -0.39 is 0 Å². The number of nitrogens with zero attached hydrogens (tertiary/aromatic N) is 3. The van der Waals surface area contributed by atoms with Crippen LogP contribution in [0.5, 0.6) is 0 Å². The first-order valence-corrected chi connectivity index (χ1v) is 8.65. The van der Waals surface area contributed by atoms with Crippen LogP contribution in [0.25, 0.3) is 0 Å². The second-order valence-electron chi connectivity index (χ2n) is 6.21. The van der Waals surface area contributed by atoms with E-state index in [1.807, 2.05) is 24.4 Å². The molecule has 2 heterocycles. The highest BCUT2D eigenvalue weighted by Crippen LogP contribution is 2.20. The molecule has 1 N–H and O–H groups in total. The molecule has 0 bridgehead atoms. The molecule has 0 unspecified atom stereocenters. The molecule has 1 aliphatic heterocycles. The van der Waals surface area contributed by atoms with E-state index >= 15 is 0 Å². The second-order valence-corrected chi connectivity index (χ2v) is 6.65. The lowest BCUT2D eigenvalue weighted by Gasteiger charge is -2.30. The molecular formula is C18H23ClN4. The smallest absolute Gasteiger partial charge is 0.227 e. The maximum Gasteiger partial charge on any atom is 0.227 e. The molecule has 5 heteroatoms. The summed E-state index contributed by atoms with van der Waals surface area (Å²) in [5.74, 6) is 2.54. The Morgan fingerprint density at radius 3 is 2.65 bits per heavy atom. The van der Waals surface area contributed by atoms with Crippen LogP contribution in [-0.4, -0.2) is 29.6 Å². The highest BCUT2D eigenvalue weighted by atomic mass is 35.5. The Kier molecular flexibility index (Phi) is 5.34. The molecule has 0 amide bonds. The Balaban J connectivity index is 1.54. The number of hydrogen-bond acceptors (Lipinski definition) is 4. The molecule has 122 valence electrons. The van der Waals surface area contributed by atoms with Gasteiger partial charge in [-0.15, -0.1) is 0 Å². The van der Waals surface area contributed by atoms with Crippen LogP contribution in [0.4, 0.5) is 11.8 Å². The summed E-state index contributed by atoms with van der Waals surface area (Å²) in [4.78, 5) is 11.4. The molecule has 0 saturated carbocycles. The molecule has 1 aromatic heterocycles. The summed E-state index contributed by atoms with van der Waals surface area (Å²) in [6.07, 6.45) is 5.22. The minimum absolute atomic E-state index is 0.776. The molecule has 1 saturated heterocycles. The van der Waals surface area contributed by atoms with Crippen molar-refractivity contribution in [3.05, 3.63) is 47.1 Å². The van der Waals surface area contributed by atoms with Gasteiger partial charge in [-0.3, -0.25) is 0 Å². The standard InChI is InChI=1S/C18H23ClN4/c1-14-8-12-23(13-9-14)18-21-11-7-17(22-18)20-10-6-15-2-4-16(19)5-3-15/h2-5,7,11,14H,6,8-10,12-13H2,1H3,(H,20,21,22). The van der Waals surface area contributed by atoms with Gasteiger partial charge in [-0.1, -0.05) is 30.7 Å². The zero-order chi connectivity index (χ0) is 16.1. The fourth-order valence-electron chi connectivity index (χ4n) is 2.79. The number of halogens is 1. The normalized spacial score (nSPS) is 15.7. The topological polar surface area (TPSA) is 41.1 Å². The SMILES string of the molecule is CC1CCN(c2nccc(NCCc3ccc(Cl)cc3)n2)CC1. The van der Waals surface area contributed by atoms with Crippen molar-refractivity contribution in [2.24, 2.45) is 5.92 Å². The maximum atomic E-state index is 5.90. The van der Waals surface area contributed by atoms with Crippen LogP contribution in [0.1, 0.15) is 25.3 Å². The van der Waals surface area contributed by atoms with Crippen LogP contribution in [0.2, 0.25) is 5.02 Å². The molecular weight excluding hydrogens is 308 g/mol. The van der Waals surface area contributed by atoms with E-state index in [1.165, 1.54) is 18.4 Å². The lowest BCUT2D eigenvalue weighted by atomic mass is 10.00. The minimum atomic E-state index is 0.776. The average Bonchev–Trinajstić information content (AvgIpc) is 2.58. The lowest BCUT2D eigenvalue weighted by molar-refractivity contribution is 0.434. The Bertz CT molecular complexity index is 621. The Morgan fingerprint density at radius 2 is 1.91 bits per heavy atom. The molecule has 4 nitrogen and oxygen atoms in total. The number of benzene rings is 1. The van der Waals surface area contributed by atoms with Gasteiger partial charge in [0.05, 0.1) is 0 Å². The van der Waals surface area contributed by atoms with E-state index in [9.17, 15) is 0 Å². The van der Waals surface area contributed by atoms with Gasteiger partial charge in [0.25, 0.3) is 0 Å². The highest BCUT2D eigenvalue weighted by molar-refractivity contribution is 6.30. The molecule has 0 radical (unpaired) electrons. The summed E-state index contributed by atoms with van der Waals surface area (Å²) in [5.41, 5.74) is 1.26. The van der Waals surface area contributed by atoms with E-state index in [0.717, 1.165) is 48.8 Å². The molecule has 0 aliphatic carbocycles. The average molecular weight is 331 g/mol. The number of nitrogens with one attached hydrogen (secondary N) is 1. The van der Waals surface area contributed by atoms with Gasteiger partial charge in [0.15, 0.2) is 0 Å². The van der Waals surface area contributed by atoms with Crippen molar-refractivity contribution < 1.29 is 0 Å². The van der Waals surface area contributed by atoms with Crippen LogP contribution < -0.4 is 10.2 Å². The van der Waals surface area contributed by atoms with Gasteiger partial charge >= 0.3 is 0 Å². The summed E-state index contributed by atoms with van der Waals surface area (Å²) in [6.45, 7) is 5.26. The molecule has 1 fully saturated rings. The van der Waals surface area contributed by atoms with Crippen molar-refractivity contribution in [1.82, 2.24) is 9.97 Å². The fraction of sp³-hybridized carbons (Fsp3) is 0.444. The fourth-order valence-corrected chi connectivity index (χ4v) is 2.92. The predicted octanol–water partition coefficient (Wildman–Crippen LogP) is 4.02. The third-order valence-corrected chi connectivity index (χ3v) is 4.59. The van der Waals surface area contributed by atoms with Gasteiger partial charge < -0.3 is 10.2 Å². The maximum absolute atomic E-state index is 5.90. The summed E-state index contributed by atoms with van der Waals surface area (Å²) in [5, 5.41) is 4.16. The zero-order valence-electron chi connectivity index (χ0n) is 13.5. The first-order valence-electron chi connectivity index (χ1n) is 8.27. The van der Waals surface area contributed by atoms with Crippen LogP contribution in [0.15, 0.2) is 36.5 Å². The first kappa shape index (κ1) is 16.1. The number of anilines is 2. The van der Waals surface area contributed by atoms with Crippen molar-refractivity contribution >= 4 is 23.4 Å². The number of aromatic nitrogens is 2. The van der Waals surface area contributed by atoms with E-state index in [4.69, 9.17) is 11.6 Å². The van der Waals surface area contributed by atoms with Gasteiger partial charge in [0, 0.05) is 30.9 Å². The Hall–Kier alpha value is -1.81. The molecule has 3 rings (SSSR count). The van der Waals surface area contributed by atoms with Crippen molar-refractivity contribution in [3.8, 4) is 0 Å². The molecule has 0 spiro atoms. The van der Waals surface area contributed by atoms with E-state index in [0.29, 0.717) is 0 Å². The van der Waals surface area contributed by atoms with Gasteiger partial charge in [-0.25, -0.2) is 4.98 Å². The molecule has 1 aliphatic rings. The van der Waals surface area contributed by atoms with Gasteiger partial charge in [-0.05, 0) is 48.9 Å². The number of piperidine rings is 1. The van der Waals surface area contributed by atoms with Crippen LogP contribution >= 0.6 is 11.6 Å². The third kappa shape index (κ3) is 4.58. The van der Waals surface area contributed by atoms with Crippen LogP contribution in [0, 0.1) is 5.92 Å². The molecule has 2 aromatic rings. The third-order valence-electron chi connectivity index (χ3n) is 4.34. The predicted molar refractivity (Wildman–Crippen MR) is 96.3 cm³/mol. The Morgan fingerprint density at radius 1 is 1.17 bits per heavy atom. The van der Waals surface area contributed by atoms with Crippen molar-refractivity contribution in [2.75, 3.05) is 29.9 Å². The monoisotopic (exact) mass is 330 g/mol. The number of rotatable bonds is 5. The minimum Gasteiger partial charge on any atom is -0.370 e. The molecule has 1 aromatic carbocycles. The van der Waals surface area contributed by atoms with E-state index in [2.05, 4.69) is 39.2 Å². The Labute approximate surface area is 142 Å². The quantitative estimate of drug-likeness (QED) is 0.899. The molecule has 23 heavy (non-hydrogen) atoms. The summed E-state index contributed by atoms with van der Waals surface area (Å²) >= 11 is 5.90. The second kappa shape index (κ2) is 7.64. The largest absolute Gasteiger partial charge is 0.370 e. The van der Waals surface area contributed by atoms with Crippen molar-refractivity contribution in [3.63, 3.8) is 0 Å². The van der Waals surface area contributed by atoms with Crippen molar-refractivity contribution in [2.45, 2.75) is 26.2 Å². The summed E-state index contributed by atoms with van der Waals surface area (Å²) in [6, 6.07) is 9.90. The van der Waals surface area contributed by atoms with E-state index in [-0.39, 0.29) is 0 Å². The highest BCUT2D eigenvalue weighted by Gasteiger charge is 2.17. The van der Waals surface area contributed by atoms with Crippen LogP contribution in [0.3, 0.4) is 0 Å². The first-order chi connectivity index (χ1) is 11.2. The van der Waals surface area contributed by atoms with Gasteiger partial charge in [-0.2, -0.15) is 4.98 Å². The van der Waals surface area contributed by atoms with Gasteiger partial charge in [0.2, 0.25) is 5.95 Å². The van der Waals surface area contributed by atoms with Gasteiger partial charge in [0.1, 0.15) is 5.82 Å². The summed E-state index contributed by atoms with van der Waals surface area (Å²) in [7, 11) is 0. The number of hydrogen-bond donors (Lipinski definition) is 1. The van der Waals surface area contributed by atoms with Crippen LogP contribution in [-0.2, 0) is 6.42 Å². The van der Waals surface area contributed by atoms with E-state index in [1.54, 1.807) is 0 Å². The zero-order valence-corrected chi connectivity index (χ0v) is 14.3.